The number of aliphatic carboxylic acids is 1. The van der Waals surface area contributed by atoms with E-state index in [-0.39, 0.29) is 6.42 Å². The minimum absolute atomic E-state index is 0.121. The van der Waals surface area contributed by atoms with Crippen LogP contribution in [0.5, 0.6) is 0 Å². The zero-order valence-corrected chi connectivity index (χ0v) is 9.13. The Morgan fingerprint density at radius 2 is 2.07 bits per heavy atom. The average Bonchev–Trinajstić information content (AvgIpc) is 2.00. The molecule has 0 saturated carbocycles. The van der Waals surface area contributed by atoms with Crippen LogP contribution in [0.4, 0.5) is 4.79 Å². The fraction of sp³-hybridized carbons (Fsp3) is 0.600. The van der Waals surface area contributed by atoms with E-state index < -0.39 is 23.6 Å². The van der Waals surface area contributed by atoms with E-state index in [0.717, 1.165) is 0 Å². The van der Waals surface area contributed by atoms with Crippen LogP contribution in [0.25, 0.3) is 0 Å². The third-order valence-corrected chi connectivity index (χ3v) is 1.65. The third-order valence-electron chi connectivity index (χ3n) is 1.65. The summed E-state index contributed by atoms with van der Waals surface area (Å²) in [6.07, 6.45) is 5.06. The maximum absolute atomic E-state index is 11.3. The van der Waals surface area contributed by atoms with Crippen molar-refractivity contribution < 1.29 is 14.7 Å². The molecule has 0 heterocycles. The second-order valence-electron chi connectivity index (χ2n) is 3.87. The number of amides is 2. The number of terminal acetylenes is 1. The number of nitrogens with one attached hydrogen (secondary N) is 2. The van der Waals surface area contributed by atoms with Crippen LogP contribution in [0.2, 0.25) is 0 Å². The zero-order valence-electron chi connectivity index (χ0n) is 9.13. The Hall–Kier alpha value is -1.70. The van der Waals surface area contributed by atoms with Crippen LogP contribution in [0.1, 0.15) is 27.2 Å². The molecular formula is C10H16N2O3. The highest BCUT2D eigenvalue weighted by Gasteiger charge is 2.18. The molecule has 0 aliphatic rings. The van der Waals surface area contributed by atoms with Crippen LogP contribution in [0.15, 0.2) is 0 Å². The van der Waals surface area contributed by atoms with Crippen LogP contribution >= 0.6 is 0 Å². The number of rotatable bonds is 4. The maximum atomic E-state index is 11.3. The van der Waals surface area contributed by atoms with Gasteiger partial charge in [-0.05, 0) is 20.8 Å². The Kier molecular flexibility index (Phi) is 4.65. The molecule has 0 bridgehead atoms. The van der Waals surface area contributed by atoms with Crippen molar-refractivity contribution in [1.82, 2.24) is 10.6 Å². The van der Waals surface area contributed by atoms with E-state index in [4.69, 9.17) is 11.5 Å². The Balaban J connectivity index is 4.06. The first kappa shape index (κ1) is 13.3. The molecule has 0 aromatic heterocycles. The summed E-state index contributed by atoms with van der Waals surface area (Å²) in [5.74, 6) is 1.44. The molecule has 0 rings (SSSR count). The van der Waals surface area contributed by atoms with Gasteiger partial charge >= 0.3 is 12.0 Å². The Labute approximate surface area is 89.2 Å². The second-order valence-corrected chi connectivity index (χ2v) is 3.87. The van der Waals surface area contributed by atoms with E-state index in [2.05, 4.69) is 16.6 Å². The Morgan fingerprint density at radius 1 is 1.53 bits per heavy atom. The fourth-order valence-electron chi connectivity index (χ4n) is 0.893. The van der Waals surface area contributed by atoms with Crippen LogP contribution < -0.4 is 10.6 Å². The van der Waals surface area contributed by atoms with Gasteiger partial charge in [0.25, 0.3) is 0 Å². The lowest BCUT2D eigenvalue weighted by molar-refractivity contribution is -0.137. The molecule has 84 valence electrons. The predicted molar refractivity (Wildman–Crippen MR) is 56.3 cm³/mol. The number of hydrogen-bond acceptors (Lipinski definition) is 2. The highest BCUT2D eigenvalue weighted by molar-refractivity contribution is 5.76. The molecule has 0 aliphatic carbocycles. The molecule has 3 N–H and O–H groups in total. The van der Waals surface area contributed by atoms with Gasteiger partial charge in [0.05, 0.1) is 12.0 Å². The summed E-state index contributed by atoms with van der Waals surface area (Å²) in [5.41, 5.74) is -0.743. The van der Waals surface area contributed by atoms with Crippen molar-refractivity contribution in [3.63, 3.8) is 0 Å². The summed E-state index contributed by atoms with van der Waals surface area (Å²) in [6, 6.07) is -0.900. The molecule has 0 aromatic carbocycles. The van der Waals surface area contributed by atoms with E-state index in [1.165, 1.54) is 0 Å². The summed E-state index contributed by atoms with van der Waals surface area (Å²) >= 11 is 0. The SMILES string of the molecule is C#CC(C)(C)NC(=O)NC(C)CC(=O)O. The van der Waals surface area contributed by atoms with Gasteiger partial charge in [-0.1, -0.05) is 5.92 Å². The molecule has 0 radical (unpaired) electrons. The number of carbonyl (C=O) groups excluding carboxylic acids is 1. The first-order valence-electron chi connectivity index (χ1n) is 4.55. The number of urea groups is 1. The molecule has 0 aromatic rings. The van der Waals surface area contributed by atoms with Gasteiger partial charge < -0.3 is 15.7 Å². The van der Waals surface area contributed by atoms with Crippen LogP contribution in [-0.4, -0.2) is 28.7 Å². The van der Waals surface area contributed by atoms with Crippen molar-refractivity contribution in [2.45, 2.75) is 38.8 Å². The Morgan fingerprint density at radius 3 is 2.47 bits per heavy atom. The van der Waals surface area contributed by atoms with Gasteiger partial charge in [0.2, 0.25) is 0 Å². The van der Waals surface area contributed by atoms with Crippen molar-refractivity contribution in [3.05, 3.63) is 0 Å². The fourth-order valence-corrected chi connectivity index (χ4v) is 0.893. The zero-order chi connectivity index (χ0) is 12.1. The van der Waals surface area contributed by atoms with Crippen molar-refractivity contribution in [2.75, 3.05) is 0 Å². The van der Waals surface area contributed by atoms with Gasteiger partial charge in [-0.15, -0.1) is 6.42 Å². The Bertz CT molecular complexity index is 292. The standard InChI is InChI=1S/C10H16N2O3/c1-5-10(3,4)12-9(15)11-7(2)6-8(13)14/h1,7H,6H2,2-4H3,(H,13,14)(H2,11,12,15). The summed E-state index contributed by atoms with van der Waals surface area (Å²) in [4.78, 5) is 21.6. The van der Waals surface area contributed by atoms with E-state index in [1.54, 1.807) is 20.8 Å². The molecule has 2 amide bonds. The first-order chi connectivity index (χ1) is 6.76. The number of carboxylic acids is 1. The minimum atomic E-state index is -0.959. The molecule has 0 saturated heterocycles. The van der Waals surface area contributed by atoms with E-state index in [0.29, 0.717) is 0 Å². The van der Waals surface area contributed by atoms with Crippen molar-refractivity contribution in [3.8, 4) is 12.3 Å². The number of carboxylic acid groups (broad SMARTS) is 1. The predicted octanol–water partition coefficient (Wildman–Crippen LogP) is 0.561. The summed E-state index contributed by atoms with van der Waals surface area (Å²) in [7, 11) is 0. The van der Waals surface area contributed by atoms with Gasteiger partial charge in [0.15, 0.2) is 0 Å². The minimum Gasteiger partial charge on any atom is -0.481 e. The van der Waals surface area contributed by atoms with E-state index in [1.807, 2.05) is 0 Å². The molecule has 1 atom stereocenters. The highest BCUT2D eigenvalue weighted by atomic mass is 16.4. The van der Waals surface area contributed by atoms with E-state index in [9.17, 15) is 9.59 Å². The molecule has 0 fully saturated rings. The van der Waals surface area contributed by atoms with E-state index >= 15 is 0 Å². The molecule has 1 unspecified atom stereocenters. The van der Waals surface area contributed by atoms with Gasteiger partial charge in [0, 0.05) is 6.04 Å². The van der Waals surface area contributed by atoms with Crippen molar-refractivity contribution >= 4 is 12.0 Å². The average molecular weight is 212 g/mol. The quantitative estimate of drug-likeness (QED) is 0.596. The summed E-state index contributed by atoms with van der Waals surface area (Å²) < 4.78 is 0. The molecular weight excluding hydrogens is 196 g/mol. The lowest BCUT2D eigenvalue weighted by atomic mass is 10.1. The highest BCUT2D eigenvalue weighted by Crippen LogP contribution is 1.98. The first-order valence-corrected chi connectivity index (χ1v) is 4.55. The molecule has 0 aliphatic heterocycles. The van der Waals surface area contributed by atoms with Gasteiger partial charge in [-0.25, -0.2) is 4.79 Å². The smallest absolute Gasteiger partial charge is 0.316 e. The monoisotopic (exact) mass is 212 g/mol. The number of carbonyl (C=O) groups is 2. The lowest BCUT2D eigenvalue weighted by Crippen LogP contribution is -2.50. The molecule has 0 spiro atoms. The number of hydrogen-bond donors (Lipinski definition) is 3. The van der Waals surface area contributed by atoms with Crippen LogP contribution in [0.3, 0.4) is 0 Å². The largest absolute Gasteiger partial charge is 0.481 e. The molecule has 15 heavy (non-hydrogen) atoms. The molecule has 5 nitrogen and oxygen atoms in total. The van der Waals surface area contributed by atoms with Crippen LogP contribution in [-0.2, 0) is 4.79 Å². The molecule has 5 heteroatoms. The lowest BCUT2D eigenvalue weighted by Gasteiger charge is -2.21. The topological polar surface area (TPSA) is 78.4 Å². The normalized spacial score (nSPS) is 12.4. The van der Waals surface area contributed by atoms with Gasteiger partial charge in [-0.3, -0.25) is 4.79 Å². The van der Waals surface area contributed by atoms with Crippen molar-refractivity contribution in [1.29, 1.82) is 0 Å². The summed E-state index contributed by atoms with van der Waals surface area (Å²) in [5, 5.41) is 13.5. The van der Waals surface area contributed by atoms with Gasteiger partial charge in [-0.2, -0.15) is 0 Å². The van der Waals surface area contributed by atoms with Gasteiger partial charge in [0.1, 0.15) is 0 Å². The third kappa shape index (κ3) is 6.38. The second kappa shape index (κ2) is 5.25. The maximum Gasteiger partial charge on any atom is 0.316 e. The van der Waals surface area contributed by atoms with Crippen molar-refractivity contribution in [2.24, 2.45) is 0 Å². The van der Waals surface area contributed by atoms with Crippen LogP contribution in [0, 0.1) is 12.3 Å². The summed E-state index contributed by atoms with van der Waals surface area (Å²) in [6.45, 7) is 4.96.